The van der Waals surface area contributed by atoms with Crippen molar-refractivity contribution in [2.75, 3.05) is 13.2 Å². The van der Waals surface area contributed by atoms with Crippen molar-refractivity contribution in [1.82, 2.24) is 0 Å². The van der Waals surface area contributed by atoms with Crippen LogP contribution in [0.25, 0.3) is 0 Å². The number of phenols is 4. The van der Waals surface area contributed by atoms with E-state index in [9.17, 15) is 51.1 Å². The molecule has 0 radical (unpaired) electrons. The zero-order chi connectivity index (χ0) is 43.7. The topological polar surface area (TPSA) is 239 Å². The molecule has 4 bridgehead atoms. The van der Waals surface area contributed by atoms with Crippen molar-refractivity contribution in [1.29, 1.82) is 0 Å². The van der Waals surface area contributed by atoms with Gasteiger partial charge in [0.05, 0.1) is 25.4 Å². The fourth-order valence-electron chi connectivity index (χ4n) is 9.41. The van der Waals surface area contributed by atoms with Gasteiger partial charge in [0.1, 0.15) is 59.6 Å². The van der Waals surface area contributed by atoms with Gasteiger partial charge in [-0.3, -0.25) is 0 Å². The molecule has 14 nitrogen and oxygen atoms in total. The summed E-state index contributed by atoms with van der Waals surface area (Å²) in [5.74, 6) is -1.03. The van der Waals surface area contributed by atoms with Crippen LogP contribution in [0.4, 0.5) is 0 Å². The fraction of sp³-hybridized carbons (Fsp3) is 0.739. The molecule has 2 saturated heterocycles. The minimum Gasteiger partial charge on any atom is -0.508 e. The minimum atomic E-state index is -1.53. The smallest absolute Gasteiger partial charge is 0.186 e. The highest BCUT2D eigenvalue weighted by atomic mass is 16.7. The van der Waals surface area contributed by atoms with Gasteiger partial charge in [0.25, 0.3) is 0 Å². The van der Waals surface area contributed by atoms with E-state index in [-0.39, 0.29) is 59.9 Å². The molecule has 0 amide bonds. The van der Waals surface area contributed by atoms with E-state index in [1.807, 2.05) is 13.8 Å². The van der Waals surface area contributed by atoms with Crippen molar-refractivity contribution in [3.8, 4) is 23.0 Å². The molecule has 2 aromatic carbocycles. The largest absolute Gasteiger partial charge is 0.508 e. The maximum absolute atomic E-state index is 11.6. The Morgan fingerprint density at radius 3 is 1.18 bits per heavy atom. The first kappa shape index (κ1) is 48.3. The van der Waals surface area contributed by atoms with E-state index in [4.69, 9.17) is 18.9 Å². The summed E-state index contributed by atoms with van der Waals surface area (Å²) in [6.07, 6.45) is -2.17. The summed E-state index contributed by atoms with van der Waals surface area (Å²) in [5.41, 5.74) is 1.88. The number of hydrogen-bond donors (Lipinski definition) is 10. The average Bonchev–Trinajstić information content (AvgIpc) is 3.21. The van der Waals surface area contributed by atoms with Crippen LogP contribution in [0.3, 0.4) is 0 Å². The Balaban J connectivity index is 1.50. The zero-order valence-corrected chi connectivity index (χ0v) is 35.8. The highest BCUT2D eigenvalue weighted by molar-refractivity contribution is 5.50. The van der Waals surface area contributed by atoms with Gasteiger partial charge in [0.15, 0.2) is 12.6 Å². The van der Waals surface area contributed by atoms with Crippen LogP contribution in [-0.4, -0.2) is 113 Å². The van der Waals surface area contributed by atoms with Crippen LogP contribution in [-0.2, 0) is 18.9 Å². The van der Waals surface area contributed by atoms with E-state index >= 15 is 0 Å². The lowest BCUT2D eigenvalue weighted by atomic mass is 9.83. The Morgan fingerprint density at radius 2 is 0.850 bits per heavy atom. The molecule has 0 aromatic heterocycles. The molecule has 2 fully saturated rings. The second-order valence-corrected chi connectivity index (χ2v) is 17.8. The minimum absolute atomic E-state index is 0.0591. The normalized spacial score (nSPS) is 35.2. The molecule has 14 unspecified atom stereocenters. The first-order valence-electron chi connectivity index (χ1n) is 22.4. The van der Waals surface area contributed by atoms with Crippen LogP contribution in [0, 0.1) is 11.8 Å². The van der Waals surface area contributed by atoms with Gasteiger partial charge in [0, 0.05) is 11.1 Å². The molecule has 4 aliphatic carbocycles. The summed E-state index contributed by atoms with van der Waals surface area (Å²) >= 11 is 0. The lowest BCUT2D eigenvalue weighted by Crippen LogP contribution is -2.54. The molecule has 2 heterocycles. The van der Waals surface area contributed by atoms with Crippen LogP contribution in [0.1, 0.15) is 164 Å². The van der Waals surface area contributed by atoms with Crippen molar-refractivity contribution in [3.63, 3.8) is 0 Å². The molecule has 0 saturated carbocycles. The highest BCUT2D eigenvalue weighted by Gasteiger charge is 2.42. The summed E-state index contributed by atoms with van der Waals surface area (Å²) < 4.78 is 24.0. The number of phenolic OH excluding ortho intramolecular Hbond substituents is 4. The molecular weight excluding hydrogens is 776 g/mol. The van der Waals surface area contributed by atoms with Crippen LogP contribution in [0.15, 0.2) is 24.3 Å². The monoisotopic (exact) mass is 848 g/mol. The number of ether oxygens (including phenoxy) is 4. The number of unbranched alkanes of at least 4 members (excludes halogenated alkanes) is 2. The summed E-state index contributed by atoms with van der Waals surface area (Å²) in [4.78, 5) is 0. The Morgan fingerprint density at radius 1 is 0.517 bits per heavy atom. The van der Waals surface area contributed by atoms with Crippen molar-refractivity contribution in [2.45, 2.75) is 191 Å². The summed E-state index contributed by atoms with van der Waals surface area (Å²) in [6.45, 7) is 7.64. The maximum Gasteiger partial charge on any atom is 0.186 e. The van der Waals surface area contributed by atoms with Crippen molar-refractivity contribution >= 4 is 0 Å². The quantitative estimate of drug-likeness (QED) is 0.129. The molecule has 6 aliphatic rings. The summed E-state index contributed by atoms with van der Waals surface area (Å²) in [6, 6.07) is 6.44. The van der Waals surface area contributed by atoms with E-state index in [2.05, 4.69) is 13.8 Å². The molecule has 340 valence electrons. The molecule has 2 aliphatic heterocycles. The lowest BCUT2D eigenvalue weighted by molar-refractivity contribution is -0.288. The number of benzene rings is 2. The molecule has 8 rings (SSSR count). The standard InChI is InChI=1S/C46H72O14/c1-5-7-15-27-17-11-9-13-25(3)44(60-46-42(56)40(54)36(52)24-58-46)30-21-33(49)38(34(50)22-30)28(16-8-6-2)18-12-10-14-26(4)43(29-19-31(47)37(27)32(48)20-29)59-45-41(55)39(53)35(51)23-57-45/h19-22,25-28,35-36,39-56H,5-18,23-24H2,1-4H3. The Kier molecular flexibility index (Phi) is 18.1. The van der Waals surface area contributed by atoms with Gasteiger partial charge in [-0.25, -0.2) is 0 Å². The average molecular weight is 849 g/mol. The maximum atomic E-state index is 11.6. The molecule has 0 spiro atoms. The highest BCUT2D eigenvalue weighted by Crippen LogP contribution is 2.47. The van der Waals surface area contributed by atoms with E-state index in [0.29, 0.717) is 60.8 Å². The Labute approximate surface area is 354 Å². The number of aliphatic hydroxyl groups is 6. The Bertz CT molecular complexity index is 1460. The molecule has 2 aromatic rings. The predicted octanol–water partition coefficient (Wildman–Crippen LogP) is 6.16. The summed E-state index contributed by atoms with van der Waals surface area (Å²) in [5, 5.41) is 109. The fourth-order valence-corrected chi connectivity index (χ4v) is 9.41. The molecular formula is C46H72O14. The van der Waals surface area contributed by atoms with Crippen LogP contribution in [0.5, 0.6) is 23.0 Å². The van der Waals surface area contributed by atoms with E-state index in [1.54, 1.807) is 24.3 Å². The second kappa shape index (κ2) is 22.5. The van der Waals surface area contributed by atoms with Gasteiger partial charge in [-0.1, -0.05) is 79.1 Å². The third-order valence-corrected chi connectivity index (χ3v) is 13.0. The van der Waals surface area contributed by atoms with Gasteiger partial charge < -0.3 is 70.0 Å². The third kappa shape index (κ3) is 11.8. The lowest BCUT2D eigenvalue weighted by Gasteiger charge is -2.38. The number of aromatic hydroxyl groups is 4. The summed E-state index contributed by atoms with van der Waals surface area (Å²) in [7, 11) is 0. The SMILES string of the molecule is CCCCC1CCCCC(C)C(OC2OCC(O)C(O)C2O)c2cc(O)c(c(O)c2)C(CCCC)CCCCC(C)C(OC2OCC(O)C(O)C2O)c2cc(O)c1c(O)c2. The van der Waals surface area contributed by atoms with Gasteiger partial charge in [-0.2, -0.15) is 0 Å². The van der Waals surface area contributed by atoms with Crippen LogP contribution < -0.4 is 0 Å². The Hall–Kier alpha value is -2.76. The number of rotatable bonds is 10. The molecule has 14 heteroatoms. The van der Waals surface area contributed by atoms with E-state index in [0.717, 1.165) is 51.4 Å². The van der Waals surface area contributed by atoms with Crippen molar-refractivity contribution < 1.29 is 70.0 Å². The molecule has 14 atom stereocenters. The third-order valence-electron chi connectivity index (χ3n) is 13.0. The van der Waals surface area contributed by atoms with Crippen molar-refractivity contribution in [3.05, 3.63) is 46.5 Å². The van der Waals surface area contributed by atoms with Gasteiger partial charge >= 0.3 is 0 Å². The van der Waals surface area contributed by atoms with Crippen LogP contribution >= 0.6 is 0 Å². The van der Waals surface area contributed by atoms with Gasteiger partial charge in [-0.15, -0.1) is 0 Å². The van der Waals surface area contributed by atoms with Crippen molar-refractivity contribution in [2.24, 2.45) is 11.8 Å². The number of hydrogen-bond acceptors (Lipinski definition) is 14. The van der Waals surface area contributed by atoms with E-state index < -0.39 is 61.4 Å². The predicted molar refractivity (Wildman–Crippen MR) is 223 cm³/mol. The second-order valence-electron chi connectivity index (χ2n) is 17.8. The van der Waals surface area contributed by atoms with Gasteiger partial charge in [-0.05, 0) is 97.6 Å². The molecule has 10 N–H and O–H groups in total. The first-order valence-corrected chi connectivity index (χ1v) is 22.4. The first-order chi connectivity index (χ1) is 28.7. The van der Waals surface area contributed by atoms with E-state index in [1.165, 1.54) is 0 Å². The molecule has 60 heavy (non-hydrogen) atoms. The zero-order valence-electron chi connectivity index (χ0n) is 35.8. The number of aliphatic hydroxyl groups excluding tert-OH is 6. The van der Waals surface area contributed by atoms with Gasteiger partial charge in [0.2, 0.25) is 0 Å². The van der Waals surface area contributed by atoms with Crippen LogP contribution in [0.2, 0.25) is 0 Å².